The summed E-state index contributed by atoms with van der Waals surface area (Å²) in [4.78, 5) is 23.4. The van der Waals surface area contributed by atoms with Crippen molar-refractivity contribution >= 4 is 28.6 Å². The summed E-state index contributed by atoms with van der Waals surface area (Å²) in [5.74, 6) is 0.00859. The number of rotatable bonds is 7. The summed E-state index contributed by atoms with van der Waals surface area (Å²) < 4.78 is 23.4. The molecule has 0 aliphatic carbocycles. The minimum atomic E-state index is -0.589. The Morgan fingerprint density at radius 2 is 1.89 bits per heavy atom. The third-order valence-electron chi connectivity index (χ3n) is 3.75. The van der Waals surface area contributed by atoms with E-state index in [0.29, 0.717) is 16.4 Å². The summed E-state index contributed by atoms with van der Waals surface area (Å²) in [6, 6.07) is 11.4. The fourth-order valence-electron chi connectivity index (χ4n) is 2.35. The van der Waals surface area contributed by atoms with E-state index < -0.39 is 10.8 Å². The summed E-state index contributed by atoms with van der Waals surface area (Å²) in [6.45, 7) is 0.206. The molecule has 0 aliphatic rings. The maximum Gasteiger partial charge on any atom is 0.296 e. The van der Waals surface area contributed by atoms with Crippen LogP contribution in [0.3, 0.4) is 0 Å². The smallest absolute Gasteiger partial charge is 0.296 e. The van der Waals surface area contributed by atoms with Gasteiger partial charge in [0.2, 0.25) is 0 Å². The van der Waals surface area contributed by atoms with E-state index >= 15 is 0 Å². The van der Waals surface area contributed by atoms with Gasteiger partial charge in [0, 0.05) is 5.56 Å². The number of benzene rings is 2. The second-order valence-corrected chi connectivity index (χ2v) is 6.57. The van der Waals surface area contributed by atoms with Crippen LogP contribution in [0.5, 0.6) is 11.5 Å². The van der Waals surface area contributed by atoms with E-state index in [-0.39, 0.29) is 23.8 Å². The molecule has 144 valence electrons. The molecular formula is C19H15FN2O5S. The molecule has 3 rings (SSSR count). The molecule has 1 N–H and O–H groups in total. The van der Waals surface area contributed by atoms with Gasteiger partial charge in [-0.05, 0) is 47.8 Å². The van der Waals surface area contributed by atoms with Gasteiger partial charge in [-0.25, -0.2) is 4.39 Å². The van der Waals surface area contributed by atoms with Crippen molar-refractivity contribution < 1.29 is 23.6 Å². The fraction of sp³-hybridized carbons (Fsp3) is 0.105. The number of carbonyl (C=O) groups excluding carboxylic acids is 1. The lowest BCUT2D eigenvalue weighted by Gasteiger charge is -2.06. The van der Waals surface area contributed by atoms with Crippen LogP contribution in [0.25, 0.3) is 0 Å². The number of thiophene rings is 1. The van der Waals surface area contributed by atoms with E-state index in [0.717, 1.165) is 5.56 Å². The first-order valence-corrected chi connectivity index (χ1v) is 8.94. The molecule has 1 aromatic heterocycles. The van der Waals surface area contributed by atoms with Crippen LogP contribution in [0.4, 0.5) is 15.8 Å². The molecule has 0 saturated carbocycles. The SMILES string of the molecule is COc1ccc(NC(=O)c2cc(COc3ccc(F)cc3)cs2)c([N+](=O)[O-])c1. The van der Waals surface area contributed by atoms with Crippen LogP contribution in [-0.4, -0.2) is 17.9 Å². The highest BCUT2D eigenvalue weighted by Crippen LogP contribution is 2.30. The second kappa shape index (κ2) is 8.49. The molecule has 0 atom stereocenters. The van der Waals surface area contributed by atoms with Crippen LogP contribution < -0.4 is 14.8 Å². The van der Waals surface area contributed by atoms with Gasteiger partial charge in [-0.1, -0.05) is 0 Å². The Morgan fingerprint density at radius 3 is 2.57 bits per heavy atom. The zero-order chi connectivity index (χ0) is 20.1. The average Bonchev–Trinajstić information content (AvgIpc) is 3.17. The van der Waals surface area contributed by atoms with E-state index in [1.54, 1.807) is 11.4 Å². The van der Waals surface area contributed by atoms with Crippen molar-refractivity contribution in [2.75, 3.05) is 12.4 Å². The Bertz CT molecular complexity index is 1000. The van der Waals surface area contributed by atoms with E-state index in [4.69, 9.17) is 9.47 Å². The number of nitrogens with zero attached hydrogens (tertiary/aromatic N) is 1. The molecule has 28 heavy (non-hydrogen) atoms. The topological polar surface area (TPSA) is 90.7 Å². The third kappa shape index (κ3) is 4.63. The minimum Gasteiger partial charge on any atom is -0.496 e. The number of halogens is 1. The Hall–Kier alpha value is -3.46. The molecule has 0 radical (unpaired) electrons. The maximum atomic E-state index is 12.9. The molecule has 2 aromatic carbocycles. The summed E-state index contributed by atoms with van der Waals surface area (Å²) in [6.07, 6.45) is 0. The van der Waals surface area contributed by atoms with E-state index in [2.05, 4.69) is 5.32 Å². The molecule has 0 aliphatic heterocycles. The van der Waals surface area contributed by atoms with Crippen LogP contribution >= 0.6 is 11.3 Å². The van der Waals surface area contributed by atoms with Crippen LogP contribution in [0.15, 0.2) is 53.9 Å². The van der Waals surface area contributed by atoms with Crippen molar-refractivity contribution in [1.82, 2.24) is 0 Å². The predicted molar refractivity (Wildman–Crippen MR) is 103 cm³/mol. The number of nitro groups is 1. The van der Waals surface area contributed by atoms with Crippen molar-refractivity contribution in [2.45, 2.75) is 6.61 Å². The number of ether oxygens (including phenoxy) is 2. The first-order valence-electron chi connectivity index (χ1n) is 8.06. The third-order valence-corrected chi connectivity index (χ3v) is 4.72. The number of amides is 1. The molecule has 1 amide bonds. The molecule has 9 heteroatoms. The number of nitrogens with one attached hydrogen (secondary N) is 1. The van der Waals surface area contributed by atoms with Gasteiger partial charge in [-0.15, -0.1) is 11.3 Å². The molecule has 0 unspecified atom stereocenters. The van der Waals surface area contributed by atoms with Gasteiger partial charge in [-0.3, -0.25) is 14.9 Å². The highest BCUT2D eigenvalue weighted by Gasteiger charge is 2.19. The van der Waals surface area contributed by atoms with Gasteiger partial charge in [0.1, 0.15) is 29.6 Å². The Morgan fingerprint density at radius 1 is 1.18 bits per heavy atom. The standard InChI is InChI=1S/C19H15FN2O5S/c1-26-15-6-7-16(17(9-15)22(24)25)21-19(23)18-8-12(11-28-18)10-27-14-4-2-13(20)3-5-14/h2-9,11H,10H2,1H3,(H,21,23). The van der Waals surface area contributed by atoms with E-state index in [1.807, 2.05) is 0 Å². The Labute approximate surface area is 163 Å². The summed E-state index contributed by atoms with van der Waals surface area (Å²) in [5.41, 5.74) is 0.571. The number of carbonyl (C=O) groups is 1. The van der Waals surface area contributed by atoms with Crippen molar-refractivity contribution in [2.24, 2.45) is 0 Å². The molecule has 0 bridgehead atoms. The van der Waals surface area contributed by atoms with Crippen molar-refractivity contribution in [1.29, 1.82) is 0 Å². The number of nitro benzene ring substituents is 1. The van der Waals surface area contributed by atoms with Gasteiger partial charge >= 0.3 is 0 Å². The number of anilines is 1. The highest BCUT2D eigenvalue weighted by atomic mass is 32.1. The quantitative estimate of drug-likeness (QED) is 0.459. The Kier molecular flexibility index (Phi) is 5.85. The molecule has 1 heterocycles. The van der Waals surface area contributed by atoms with Crippen molar-refractivity contribution in [3.63, 3.8) is 0 Å². The first-order chi connectivity index (χ1) is 13.5. The maximum absolute atomic E-state index is 12.9. The summed E-state index contributed by atoms with van der Waals surface area (Å²) in [5, 5.41) is 15.5. The number of hydrogen-bond donors (Lipinski definition) is 1. The normalized spacial score (nSPS) is 10.4. The predicted octanol–water partition coefficient (Wildman–Crippen LogP) is 4.64. The first kappa shape index (κ1) is 19.3. The molecule has 0 fully saturated rings. The monoisotopic (exact) mass is 402 g/mol. The van der Waals surface area contributed by atoms with Gasteiger partial charge in [0.15, 0.2) is 0 Å². The van der Waals surface area contributed by atoms with Crippen LogP contribution in [0.1, 0.15) is 15.2 Å². The fourth-order valence-corrected chi connectivity index (χ4v) is 3.14. The molecule has 3 aromatic rings. The lowest BCUT2D eigenvalue weighted by molar-refractivity contribution is -0.384. The Balaban J connectivity index is 1.67. The summed E-state index contributed by atoms with van der Waals surface area (Å²) in [7, 11) is 1.40. The zero-order valence-electron chi connectivity index (χ0n) is 14.7. The minimum absolute atomic E-state index is 0.0771. The van der Waals surface area contributed by atoms with Crippen LogP contribution in [0.2, 0.25) is 0 Å². The van der Waals surface area contributed by atoms with Gasteiger partial charge in [-0.2, -0.15) is 0 Å². The largest absolute Gasteiger partial charge is 0.496 e. The van der Waals surface area contributed by atoms with Gasteiger partial charge < -0.3 is 14.8 Å². The molecular weight excluding hydrogens is 387 g/mol. The zero-order valence-corrected chi connectivity index (χ0v) is 15.5. The number of methoxy groups -OCH3 is 1. The van der Waals surface area contributed by atoms with Crippen LogP contribution in [0, 0.1) is 15.9 Å². The van der Waals surface area contributed by atoms with E-state index in [1.165, 1.54) is 60.9 Å². The lowest BCUT2D eigenvalue weighted by Crippen LogP contribution is -2.11. The number of hydrogen-bond acceptors (Lipinski definition) is 6. The van der Waals surface area contributed by atoms with Crippen molar-refractivity contribution in [3.8, 4) is 11.5 Å². The molecule has 7 nitrogen and oxygen atoms in total. The molecule has 0 spiro atoms. The summed E-state index contributed by atoms with van der Waals surface area (Å²) >= 11 is 1.19. The van der Waals surface area contributed by atoms with Gasteiger partial charge in [0.25, 0.3) is 11.6 Å². The lowest BCUT2D eigenvalue weighted by atomic mass is 10.2. The van der Waals surface area contributed by atoms with E-state index in [9.17, 15) is 19.3 Å². The van der Waals surface area contributed by atoms with Crippen molar-refractivity contribution in [3.05, 3.63) is 80.3 Å². The van der Waals surface area contributed by atoms with Crippen LogP contribution in [-0.2, 0) is 6.61 Å². The second-order valence-electron chi connectivity index (χ2n) is 5.66. The molecule has 0 saturated heterocycles. The average molecular weight is 402 g/mol. The van der Waals surface area contributed by atoms with Gasteiger partial charge in [0.05, 0.1) is 23.0 Å². The highest BCUT2D eigenvalue weighted by molar-refractivity contribution is 7.12.